The molecule has 0 aromatic heterocycles. The molecule has 1 heterocycles. The van der Waals surface area contributed by atoms with Gasteiger partial charge in [0.1, 0.15) is 0 Å². The first-order chi connectivity index (χ1) is 10.7. The molecule has 1 aliphatic heterocycles. The minimum absolute atomic E-state index is 0.0525. The highest BCUT2D eigenvalue weighted by Gasteiger charge is 2.12. The van der Waals surface area contributed by atoms with Crippen molar-refractivity contribution in [2.75, 3.05) is 46.9 Å². The molecule has 1 fully saturated rings. The maximum absolute atomic E-state index is 12.0. The third kappa shape index (κ3) is 4.89. The number of rotatable bonds is 6. The van der Waals surface area contributed by atoms with E-state index < -0.39 is 0 Å². The van der Waals surface area contributed by atoms with Crippen molar-refractivity contribution < 1.29 is 14.3 Å². The van der Waals surface area contributed by atoms with Crippen LogP contribution in [-0.2, 0) is 11.3 Å². The van der Waals surface area contributed by atoms with Gasteiger partial charge >= 0.3 is 0 Å². The van der Waals surface area contributed by atoms with E-state index in [1.165, 1.54) is 0 Å². The molecule has 0 spiro atoms. The normalized spacial score (nSPS) is 15.9. The summed E-state index contributed by atoms with van der Waals surface area (Å²) in [5, 5.41) is 6.29. The molecule has 22 heavy (non-hydrogen) atoms. The highest BCUT2D eigenvalue weighted by Crippen LogP contribution is 2.27. The summed E-state index contributed by atoms with van der Waals surface area (Å²) < 4.78 is 10.5. The lowest BCUT2D eigenvalue weighted by Crippen LogP contribution is -2.38. The minimum Gasteiger partial charge on any atom is -0.493 e. The van der Waals surface area contributed by atoms with Crippen molar-refractivity contribution in [1.29, 1.82) is 0 Å². The third-order valence-corrected chi connectivity index (χ3v) is 3.74. The molecule has 0 radical (unpaired) electrons. The van der Waals surface area contributed by atoms with E-state index in [2.05, 4.69) is 15.5 Å². The molecule has 1 aromatic carbocycles. The summed E-state index contributed by atoms with van der Waals surface area (Å²) in [6.07, 6.45) is 1.09. The van der Waals surface area contributed by atoms with Gasteiger partial charge in [0.25, 0.3) is 0 Å². The summed E-state index contributed by atoms with van der Waals surface area (Å²) in [7, 11) is 3.21. The Hall–Kier alpha value is -1.79. The van der Waals surface area contributed by atoms with Crippen molar-refractivity contribution >= 4 is 5.91 Å². The fraction of sp³-hybridized carbons (Fsp3) is 0.562. The van der Waals surface area contributed by atoms with E-state index in [0.29, 0.717) is 24.6 Å². The van der Waals surface area contributed by atoms with Crippen molar-refractivity contribution in [3.63, 3.8) is 0 Å². The Morgan fingerprint density at radius 2 is 2.05 bits per heavy atom. The number of nitrogens with zero attached hydrogens (tertiary/aromatic N) is 1. The Labute approximate surface area is 131 Å². The molecule has 2 N–H and O–H groups in total. The van der Waals surface area contributed by atoms with Crippen LogP contribution in [0, 0.1) is 0 Å². The molecule has 0 aliphatic carbocycles. The van der Waals surface area contributed by atoms with Gasteiger partial charge in [-0.3, -0.25) is 9.69 Å². The standard InChI is InChI=1S/C16H25N3O3/c1-21-14-5-4-13(10-15(14)22-2)11-18-16(20)12-19-8-3-6-17-7-9-19/h4-5,10,17H,3,6-9,11-12H2,1-2H3,(H,18,20). The number of nitrogens with one attached hydrogen (secondary N) is 2. The first kappa shape index (κ1) is 16.6. The average molecular weight is 307 g/mol. The number of hydrogen-bond acceptors (Lipinski definition) is 5. The molecule has 6 nitrogen and oxygen atoms in total. The van der Waals surface area contributed by atoms with Gasteiger partial charge in [0.15, 0.2) is 11.5 Å². The molecule has 1 aliphatic rings. The second-order valence-corrected chi connectivity index (χ2v) is 5.35. The smallest absolute Gasteiger partial charge is 0.234 e. The molecular weight excluding hydrogens is 282 g/mol. The maximum Gasteiger partial charge on any atom is 0.234 e. The molecule has 0 bridgehead atoms. The van der Waals surface area contributed by atoms with Crippen molar-refractivity contribution in [3.8, 4) is 11.5 Å². The quantitative estimate of drug-likeness (QED) is 0.806. The summed E-state index contributed by atoms with van der Waals surface area (Å²) >= 11 is 0. The number of ether oxygens (including phenoxy) is 2. The summed E-state index contributed by atoms with van der Waals surface area (Å²) in [5.74, 6) is 1.42. The van der Waals surface area contributed by atoms with Crippen LogP contribution in [0.4, 0.5) is 0 Å². The molecular formula is C16H25N3O3. The van der Waals surface area contributed by atoms with E-state index in [-0.39, 0.29) is 5.91 Å². The molecule has 1 aromatic rings. The van der Waals surface area contributed by atoms with Gasteiger partial charge in [-0.25, -0.2) is 0 Å². The van der Waals surface area contributed by atoms with Crippen LogP contribution in [0.25, 0.3) is 0 Å². The zero-order valence-corrected chi connectivity index (χ0v) is 13.4. The van der Waals surface area contributed by atoms with E-state index in [4.69, 9.17) is 9.47 Å². The second-order valence-electron chi connectivity index (χ2n) is 5.35. The van der Waals surface area contributed by atoms with E-state index in [9.17, 15) is 4.79 Å². The lowest BCUT2D eigenvalue weighted by molar-refractivity contribution is -0.122. The van der Waals surface area contributed by atoms with Gasteiger partial charge in [-0.2, -0.15) is 0 Å². The van der Waals surface area contributed by atoms with E-state index >= 15 is 0 Å². The van der Waals surface area contributed by atoms with Gasteiger partial charge < -0.3 is 20.1 Å². The summed E-state index contributed by atoms with van der Waals surface area (Å²) in [4.78, 5) is 14.2. The zero-order valence-electron chi connectivity index (χ0n) is 13.4. The molecule has 1 amide bonds. The van der Waals surface area contributed by atoms with Crippen molar-refractivity contribution in [2.24, 2.45) is 0 Å². The highest BCUT2D eigenvalue weighted by molar-refractivity contribution is 5.78. The monoisotopic (exact) mass is 307 g/mol. The molecule has 0 saturated carbocycles. The second kappa shape index (κ2) is 8.60. The molecule has 122 valence electrons. The van der Waals surface area contributed by atoms with Crippen LogP contribution < -0.4 is 20.1 Å². The predicted octanol–water partition coefficient (Wildman–Crippen LogP) is 0.615. The van der Waals surface area contributed by atoms with Crippen molar-refractivity contribution in [1.82, 2.24) is 15.5 Å². The zero-order chi connectivity index (χ0) is 15.8. The number of carbonyl (C=O) groups excluding carboxylic acids is 1. The predicted molar refractivity (Wildman–Crippen MR) is 85.3 cm³/mol. The molecule has 0 atom stereocenters. The first-order valence-electron chi connectivity index (χ1n) is 7.63. The number of hydrogen-bond donors (Lipinski definition) is 2. The number of carbonyl (C=O) groups is 1. The van der Waals surface area contributed by atoms with Crippen LogP contribution in [0.5, 0.6) is 11.5 Å². The van der Waals surface area contributed by atoms with Crippen LogP contribution in [0.3, 0.4) is 0 Å². The Morgan fingerprint density at radius 1 is 1.23 bits per heavy atom. The summed E-state index contributed by atoms with van der Waals surface area (Å²) in [6, 6.07) is 5.66. The number of methoxy groups -OCH3 is 2. The highest BCUT2D eigenvalue weighted by atomic mass is 16.5. The third-order valence-electron chi connectivity index (χ3n) is 3.74. The fourth-order valence-corrected chi connectivity index (χ4v) is 2.51. The fourth-order valence-electron chi connectivity index (χ4n) is 2.51. The molecule has 0 unspecified atom stereocenters. The average Bonchev–Trinajstić information content (AvgIpc) is 2.81. The topological polar surface area (TPSA) is 62.8 Å². The van der Waals surface area contributed by atoms with Crippen LogP contribution in [-0.4, -0.2) is 57.8 Å². The van der Waals surface area contributed by atoms with Crippen LogP contribution in [0.1, 0.15) is 12.0 Å². The molecule has 6 heteroatoms. The van der Waals surface area contributed by atoms with E-state index in [1.54, 1.807) is 14.2 Å². The minimum atomic E-state index is 0.0525. The Kier molecular flexibility index (Phi) is 6.48. The van der Waals surface area contributed by atoms with Gasteiger partial charge in [0, 0.05) is 19.6 Å². The Bertz CT molecular complexity index is 486. The molecule has 2 rings (SSSR count). The van der Waals surface area contributed by atoms with Gasteiger partial charge in [0.05, 0.1) is 20.8 Å². The van der Waals surface area contributed by atoms with Crippen molar-refractivity contribution in [3.05, 3.63) is 23.8 Å². The van der Waals surface area contributed by atoms with Gasteiger partial charge in [0.2, 0.25) is 5.91 Å². The van der Waals surface area contributed by atoms with Crippen molar-refractivity contribution in [2.45, 2.75) is 13.0 Å². The lowest BCUT2D eigenvalue weighted by Gasteiger charge is -2.18. The van der Waals surface area contributed by atoms with Crippen LogP contribution >= 0.6 is 0 Å². The maximum atomic E-state index is 12.0. The summed E-state index contributed by atoms with van der Waals surface area (Å²) in [6.45, 7) is 4.81. The Morgan fingerprint density at radius 3 is 2.82 bits per heavy atom. The largest absolute Gasteiger partial charge is 0.493 e. The van der Waals surface area contributed by atoms with E-state index in [0.717, 1.165) is 38.2 Å². The number of benzene rings is 1. The molecule has 1 saturated heterocycles. The summed E-state index contributed by atoms with van der Waals surface area (Å²) in [5.41, 5.74) is 0.989. The van der Waals surface area contributed by atoms with Crippen LogP contribution in [0.2, 0.25) is 0 Å². The SMILES string of the molecule is COc1ccc(CNC(=O)CN2CCCNCC2)cc1OC. The van der Waals surface area contributed by atoms with Crippen LogP contribution in [0.15, 0.2) is 18.2 Å². The first-order valence-corrected chi connectivity index (χ1v) is 7.63. The Balaban J connectivity index is 1.82. The van der Waals surface area contributed by atoms with Gasteiger partial charge in [-0.15, -0.1) is 0 Å². The van der Waals surface area contributed by atoms with Gasteiger partial charge in [-0.1, -0.05) is 6.07 Å². The van der Waals surface area contributed by atoms with Gasteiger partial charge in [-0.05, 0) is 37.2 Å². The van der Waals surface area contributed by atoms with E-state index in [1.807, 2.05) is 18.2 Å². The number of amides is 1. The lowest BCUT2D eigenvalue weighted by atomic mass is 10.2.